The fourth-order valence-electron chi connectivity index (χ4n) is 1.74. The van der Waals surface area contributed by atoms with Gasteiger partial charge in [-0.3, -0.25) is 4.79 Å². The van der Waals surface area contributed by atoms with E-state index in [2.05, 4.69) is 15.9 Å². The first kappa shape index (κ1) is 12.4. The molecule has 5 heteroatoms. The Morgan fingerprint density at radius 3 is 2.78 bits per heavy atom. The molecule has 2 heterocycles. The summed E-state index contributed by atoms with van der Waals surface area (Å²) < 4.78 is 1.93. The molecule has 1 aromatic carbocycles. The Bertz CT molecular complexity index is 725. The monoisotopic (exact) mass is 356 g/mol. The molecule has 0 saturated carbocycles. The van der Waals surface area contributed by atoms with Gasteiger partial charge in [-0.25, -0.2) is 0 Å². The summed E-state index contributed by atoms with van der Waals surface area (Å²) in [6.45, 7) is 0. The van der Waals surface area contributed by atoms with Crippen molar-refractivity contribution < 1.29 is 4.79 Å². The zero-order valence-electron chi connectivity index (χ0n) is 8.94. The lowest BCUT2D eigenvalue weighted by Gasteiger charge is -1.95. The SMILES string of the molecule is O=C(c1cc(Cl)c(Br)s1)c1csc2ccccc12. The van der Waals surface area contributed by atoms with Crippen LogP contribution in [0.5, 0.6) is 0 Å². The first-order valence-corrected chi connectivity index (χ1v) is 7.99. The molecule has 0 fully saturated rings. The molecule has 90 valence electrons. The van der Waals surface area contributed by atoms with Crippen LogP contribution < -0.4 is 0 Å². The van der Waals surface area contributed by atoms with Gasteiger partial charge >= 0.3 is 0 Å². The van der Waals surface area contributed by atoms with Crippen LogP contribution in [0.4, 0.5) is 0 Å². The zero-order valence-corrected chi connectivity index (χ0v) is 12.9. The molecule has 18 heavy (non-hydrogen) atoms. The van der Waals surface area contributed by atoms with Gasteiger partial charge in [-0.2, -0.15) is 0 Å². The summed E-state index contributed by atoms with van der Waals surface area (Å²) in [5, 5.41) is 3.50. The minimum atomic E-state index is 0.0325. The summed E-state index contributed by atoms with van der Waals surface area (Å²) in [7, 11) is 0. The van der Waals surface area contributed by atoms with Gasteiger partial charge in [0.2, 0.25) is 5.78 Å². The fourth-order valence-corrected chi connectivity index (χ4v) is 4.34. The summed E-state index contributed by atoms with van der Waals surface area (Å²) in [5.41, 5.74) is 0.751. The lowest BCUT2D eigenvalue weighted by atomic mass is 10.1. The fraction of sp³-hybridized carbons (Fsp3) is 0. The molecule has 0 saturated heterocycles. The Kier molecular flexibility index (Phi) is 3.28. The van der Waals surface area contributed by atoms with Gasteiger partial charge in [0.25, 0.3) is 0 Å². The first-order chi connectivity index (χ1) is 8.66. The molecule has 0 aliphatic heterocycles. The highest BCUT2D eigenvalue weighted by Crippen LogP contribution is 2.35. The molecule has 0 spiro atoms. The second kappa shape index (κ2) is 4.78. The predicted molar refractivity (Wildman–Crippen MR) is 82.3 cm³/mol. The summed E-state index contributed by atoms with van der Waals surface area (Å²) in [6.07, 6.45) is 0. The number of rotatable bonds is 2. The third kappa shape index (κ3) is 2.03. The number of hydrogen-bond acceptors (Lipinski definition) is 3. The van der Waals surface area contributed by atoms with Crippen LogP contribution in [-0.4, -0.2) is 5.78 Å². The minimum absolute atomic E-state index is 0.0325. The van der Waals surface area contributed by atoms with Gasteiger partial charge in [0.1, 0.15) is 0 Å². The smallest absolute Gasteiger partial charge is 0.204 e. The van der Waals surface area contributed by atoms with Crippen molar-refractivity contribution in [3.8, 4) is 0 Å². The zero-order chi connectivity index (χ0) is 12.7. The van der Waals surface area contributed by atoms with Gasteiger partial charge in [-0.05, 0) is 28.1 Å². The number of carbonyl (C=O) groups excluding carboxylic acids is 1. The van der Waals surface area contributed by atoms with E-state index in [9.17, 15) is 4.79 Å². The maximum atomic E-state index is 12.4. The molecule has 3 rings (SSSR count). The molecule has 0 unspecified atom stereocenters. The van der Waals surface area contributed by atoms with Crippen LogP contribution in [0.25, 0.3) is 10.1 Å². The van der Waals surface area contributed by atoms with E-state index < -0.39 is 0 Å². The average Bonchev–Trinajstić information content (AvgIpc) is 2.93. The summed E-state index contributed by atoms with van der Waals surface area (Å²) in [5.74, 6) is 0.0325. The summed E-state index contributed by atoms with van der Waals surface area (Å²) >= 11 is 12.3. The standard InChI is InChI=1S/C13H6BrClOS2/c14-13-9(15)5-11(18-13)12(16)8-6-17-10-4-2-1-3-7(8)10/h1-6H. The van der Waals surface area contributed by atoms with Gasteiger partial charge < -0.3 is 0 Å². The minimum Gasteiger partial charge on any atom is -0.288 e. The van der Waals surface area contributed by atoms with E-state index in [-0.39, 0.29) is 5.78 Å². The van der Waals surface area contributed by atoms with Crippen LogP contribution in [0.2, 0.25) is 5.02 Å². The normalized spacial score (nSPS) is 11.0. The number of thiophene rings is 2. The van der Waals surface area contributed by atoms with Crippen LogP contribution in [0.15, 0.2) is 39.5 Å². The predicted octanol–water partition coefficient (Wildman–Crippen LogP) is 5.61. The number of ketones is 1. The highest BCUT2D eigenvalue weighted by Gasteiger charge is 2.17. The Balaban J connectivity index is 2.12. The largest absolute Gasteiger partial charge is 0.288 e. The molecule has 0 amide bonds. The molecule has 0 N–H and O–H groups in total. The van der Waals surface area contributed by atoms with E-state index >= 15 is 0 Å². The van der Waals surface area contributed by atoms with Crippen LogP contribution in [0.1, 0.15) is 15.2 Å². The molecular formula is C13H6BrClOS2. The van der Waals surface area contributed by atoms with Crippen molar-refractivity contribution in [2.45, 2.75) is 0 Å². The van der Waals surface area contributed by atoms with Gasteiger partial charge in [-0.15, -0.1) is 22.7 Å². The second-order valence-electron chi connectivity index (χ2n) is 3.71. The molecule has 0 atom stereocenters. The Morgan fingerprint density at radius 1 is 1.28 bits per heavy atom. The van der Waals surface area contributed by atoms with Crippen molar-refractivity contribution in [3.63, 3.8) is 0 Å². The molecule has 0 bridgehead atoms. The number of hydrogen-bond donors (Lipinski definition) is 0. The molecule has 2 aromatic heterocycles. The lowest BCUT2D eigenvalue weighted by molar-refractivity contribution is 0.104. The number of fused-ring (bicyclic) bond motifs is 1. The van der Waals surface area contributed by atoms with E-state index in [4.69, 9.17) is 11.6 Å². The Hall–Kier alpha value is -0.680. The lowest BCUT2D eigenvalue weighted by Crippen LogP contribution is -1.96. The van der Waals surface area contributed by atoms with Crippen LogP contribution in [0, 0.1) is 0 Å². The van der Waals surface area contributed by atoms with Gasteiger partial charge in [0.05, 0.1) is 13.7 Å². The van der Waals surface area contributed by atoms with Crippen molar-refractivity contribution in [2.24, 2.45) is 0 Å². The van der Waals surface area contributed by atoms with E-state index in [1.165, 1.54) is 11.3 Å². The van der Waals surface area contributed by atoms with Gasteiger partial charge in [-0.1, -0.05) is 29.8 Å². The van der Waals surface area contributed by atoms with E-state index in [1.807, 2.05) is 29.6 Å². The summed E-state index contributed by atoms with van der Waals surface area (Å²) in [4.78, 5) is 13.1. The Morgan fingerprint density at radius 2 is 2.06 bits per heavy atom. The molecule has 0 aliphatic rings. The number of benzene rings is 1. The molecule has 0 aliphatic carbocycles. The van der Waals surface area contributed by atoms with Gasteiger partial charge in [0, 0.05) is 21.0 Å². The van der Waals surface area contributed by atoms with E-state index in [0.717, 1.165) is 19.4 Å². The van der Waals surface area contributed by atoms with Crippen molar-refractivity contribution in [2.75, 3.05) is 0 Å². The average molecular weight is 358 g/mol. The Labute approximate surface area is 125 Å². The highest BCUT2D eigenvalue weighted by molar-refractivity contribution is 9.11. The topological polar surface area (TPSA) is 17.1 Å². The molecule has 1 nitrogen and oxygen atoms in total. The highest BCUT2D eigenvalue weighted by atomic mass is 79.9. The van der Waals surface area contributed by atoms with Crippen molar-refractivity contribution in [3.05, 3.63) is 55.0 Å². The van der Waals surface area contributed by atoms with Crippen LogP contribution in [0.3, 0.4) is 0 Å². The maximum Gasteiger partial charge on any atom is 0.204 e. The summed E-state index contributed by atoms with van der Waals surface area (Å²) in [6, 6.07) is 9.64. The second-order valence-corrected chi connectivity index (χ2v) is 7.40. The van der Waals surface area contributed by atoms with Crippen molar-refractivity contribution in [1.29, 1.82) is 0 Å². The third-order valence-electron chi connectivity index (χ3n) is 2.59. The maximum absolute atomic E-state index is 12.4. The third-order valence-corrected chi connectivity index (χ3v) is 6.03. The molecular weight excluding hydrogens is 352 g/mol. The van der Waals surface area contributed by atoms with E-state index in [0.29, 0.717) is 9.90 Å². The quantitative estimate of drug-likeness (QED) is 0.545. The number of carbonyl (C=O) groups is 1. The number of halogens is 2. The van der Waals surface area contributed by atoms with Gasteiger partial charge in [0.15, 0.2) is 0 Å². The van der Waals surface area contributed by atoms with E-state index in [1.54, 1.807) is 17.4 Å². The van der Waals surface area contributed by atoms with Crippen molar-refractivity contribution in [1.82, 2.24) is 0 Å². The molecule has 0 radical (unpaired) electrons. The molecule has 3 aromatic rings. The first-order valence-electron chi connectivity index (χ1n) is 5.12. The van der Waals surface area contributed by atoms with Crippen LogP contribution >= 0.6 is 50.2 Å². The van der Waals surface area contributed by atoms with Crippen LogP contribution in [-0.2, 0) is 0 Å². The van der Waals surface area contributed by atoms with Crippen molar-refractivity contribution >= 4 is 66.1 Å².